The summed E-state index contributed by atoms with van der Waals surface area (Å²) in [5.74, 6) is -4.95. The predicted octanol–water partition coefficient (Wildman–Crippen LogP) is 7.72. The number of hydrogen-bond donors (Lipinski definition) is 0. The molecule has 2 aromatic carbocycles. The highest BCUT2D eigenvalue weighted by molar-refractivity contribution is 7.78. The van der Waals surface area contributed by atoms with Crippen LogP contribution in [0, 0.1) is 29.2 Å². The van der Waals surface area contributed by atoms with Gasteiger partial charge in [-0.2, -0.15) is 4.99 Å². The summed E-state index contributed by atoms with van der Waals surface area (Å²) in [7, 11) is 0. The Morgan fingerprint density at radius 3 is 2.00 bits per heavy atom. The highest BCUT2D eigenvalue weighted by Gasteiger charge is 2.27. The van der Waals surface area contributed by atoms with Gasteiger partial charge in [-0.25, -0.2) is 17.6 Å². The zero-order chi connectivity index (χ0) is 20.3. The molecule has 1 aliphatic rings. The van der Waals surface area contributed by atoms with E-state index in [2.05, 4.69) is 24.1 Å². The largest absolute Gasteiger partial charge is 0.203 e. The second-order valence-corrected chi connectivity index (χ2v) is 7.49. The summed E-state index contributed by atoms with van der Waals surface area (Å²) in [6.45, 7) is 2.20. The maximum absolute atomic E-state index is 14.4. The molecule has 0 unspecified atom stereocenters. The monoisotopic (exact) mass is 407 g/mol. The van der Waals surface area contributed by atoms with E-state index in [1.54, 1.807) is 17.3 Å². The molecule has 0 aromatic heterocycles. The molecule has 0 aliphatic heterocycles. The van der Waals surface area contributed by atoms with Crippen LogP contribution in [0.3, 0.4) is 0 Å². The van der Waals surface area contributed by atoms with Crippen molar-refractivity contribution < 1.29 is 17.6 Å². The average Bonchev–Trinajstić information content (AvgIpc) is 2.71. The highest BCUT2D eigenvalue weighted by Crippen LogP contribution is 2.39. The Morgan fingerprint density at radius 1 is 0.929 bits per heavy atom. The molecular weight excluding hydrogens is 386 g/mol. The van der Waals surface area contributed by atoms with Crippen LogP contribution in [-0.4, -0.2) is 5.16 Å². The first-order valence-corrected chi connectivity index (χ1v) is 9.92. The van der Waals surface area contributed by atoms with Crippen molar-refractivity contribution in [3.05, 3.63) is 53.1 Å². The molecular formula is C22H21F4NS. The number of halogens is 4. The van der Waals surface area contributed by atoms with E-state index in [4.69, 9.17) is 0 Å². The minimum atomic E-state index is -1.58. The summed E-state index contributed by atoms with van der Waals surface area (Å²) in [6.07, 6.45) is 6.98. The third-order valence-electron chi connectivity index (χ3n) is 5.61. The SMILES string of the molecule is CCCC1CCC(c2ccc(-c3c(F)c(F)c(N=C=S)c(F)c3F)cc2)CC1. The van der Waals surface area contributed by atoms with Crippen molar-refractivity contribution >= 4 is 23.1 Å². The first kappa shape index (κ1) is 20.7. The number of nitrogens with zero attached hydrogens (tertiary/aromatic N) is 1. The molecule has 0 spiro atoms. The van der Waals surface area contributed by atoms with Crippen LogP contribution in [0.1, 0.15) is 56.9 Å². The molecule has 148 valence electrons. The van der Waals surface area contributed by atoms with Gasteiger partial charge in [0.15, 0.2) is 29.0 Å². The van der Waals surface area contributed by atoms with Crippen LogP contribution in [0.5, 0.6) is 0 Å². The lowest BCUT2D eigenvalue weighted by Gasteiger charge is -2.28. The van der Waals surface area contributed by atoms with E-state index in [-0.39, 0.29) is 5.56 Å². The molecule has 1 aliphatic carbocycles. The third kappa shape index (κ3) is 4.03. The number of hydrogen-bond acceptors (Lipinski definition) is 2. The second-order valence-electron chi connectivity index (χ2n) is 7.31. The molecule has 1 nitrogen and oxygen atoms in total. The van der Waals surface area contributed by atoms with Crippen molar-refractivity contribution in [2.24, 2.45) is 10.9 Å². The van der Waals surface area contributed by atoms with Gasteiger partial charge in [-0.15, -0.1) is 0 Å². The van der Waals surface area contributed by atoms with Crippen molar-refractivity contribution in [1.82, 2.24) is 0 Å². The lowest BCUT2D eigenvalue weighted by molar-refractivity contribution is 0.308. The molecule has 1 saturated carbocycles. The molecule has 0 heterocycles. The molecule has 6 heteroatoms. The summed E-state index contributed by atoms with van der Waals surface area (Å²) in [5.41, 5.74) is -0.679. The summed E-state index contributed by atoms with van der Waals surface area (Å²) in [6, 6.07) is 6.60. The zero-order valence-corrected chi connectivity index (χ0v) is 16.4. The van der Waals surface area contributed by atoms with E-state index in [1.807, 2.05) is 0 Å². The van der Waals surface area contributed by atoms with Gasteiger partial charge in [0.1, 0.15) is 0 Å². The molecule has 28 heavy (non-hydrogen) atoms. The Labute approximate surface area is 167 Å². The first-order valence-electron chi connectivity index (χ1n) is 9.52. The van der Waals surface area contributed by atoms with Gasteiger partial charge < -0.3 is 0 Å². The fourth-order valence-corrected chi connectivity index (χ4v) is 4.22. The molecule has 3 rings (SSSR count). The summed E-state index contributed by atoms with van der Waals surface area (Å²) in [5, 5.41) is 1.73. The van der Waals surface area contributed by atoms with E-state index in [0.717, 1.165) is 24.3 Å². The lowest BCUT2D eigenvalue weighted by atomic mass is 9.77. The zero-order valence-electron chi connectivity index (χ0n) is 15.6. The molecule has 2 aromatic rings. The molecule has 0 radical (unpaired) electrons. The molecule has 0 amide bonds. The number of aliphatic imine (C=N–C) groups is 1. The smallest absolute Gasteiger partial charge is 0.189 e. The van der Waals surface area contributed by atoms with Gasteiger partial charge >= 0.3 is 0 Å². The van der Waals surface area contributed by atoms with Gasteiger partial charge in [0.05, 0.1) is 10.7 Å². The van der Waals surface area contributed by atoms with Crippen molar-refractivity contribution in [1.29, 1.82) is 0 Å². The van der Waals surface area contributed by atoms with Gasteiger partial charge in [0.2, 0.25) is 0 Å². The van der Waals surface area contributed by atoms with E-state index in [0.29, 0.717) is 5.92 Å². The summed E-state index contributed by atoms with van der Waals surface area (Å²) >= 11 is 4.27. The topological polar surface area (TPSA) is 12.4 Å². The van der Waals surface area contributed by atoms with Gasteiger partial charge in [-0.3, -0.25) is 0 Å². The Kier molecular flexibility index (Phi) is 6.63. The van der Waals surface area contributed by atoms with Gasteiger partial charge in [0.25, 0.3) is 0 Å². The van der Waals surface area contributed by atoms with Gasteiger partial charge in [-0.05, 0) is 60.9 Å². The third-order valence-corrected chi connectivity index (χ3v) is 5.70. The molecule has 0 N–H and O–H groups in total. The Hall–Kier alpha value is -2.04. The number of rotatable bonds is 5. The van der Waals surface area contributed by atoms with Crippen molar-refractivity contribution in [3.63, 3.8) is 0 Å². The van der Waals surface area contributed by atoms with Crippen molar-refractivity contribution in [3.8, 4) is 11.1 Å². The quantitative estimate of drug-likeness (QED) is 0.214. The fourth-order valence-electron chi connectivity index (χ4n) is 4.13. The first-order chi connectivity index (χ1) is 13.5. The van der Waals surface area contributed by atoms with Crippen LogP contribution in [0.15, 0.2) is 29.3 Å². The maximum Gasteiger partial charge on any atom is 0.189 e. The van der Waals surface area contributed by atoms with Gasteiger partial charge in [0, 0.05) is 0 Å². The standard InChI is InChI=1S/C22H21F4NS/c1-2-3-13-4-6-14(7-5-13)15-8-10-16(11-9-15)17-18(23)20(25)22(27-12-28)21(26)19(17)24/h8-11,13-14H,2-7H2,1H3. The van der Waals surface area contributed by atoms with Crippen molar-refractivity contribution in [2.75, 3.05) is 0 Å². The van der Waals surface area contributed by atoms with E-state index in [9.17, 15) is 17.6 Å². The maximum atomic E-state index is 14.4. The number of isothiocyanates is 1. The second kappa shape index (κ2) is 8.97. The van der Waals surface area contributed by atoms with Crippen LogP contribution in [0.4, 0.5) is 23.2 Å². The molecule has 1 fully saturated rings. The van der Waals surface area contributed by atoms with E-state index < -0.39 is 34.5 Å². The number of thiocarbonyl (C=S) groups is 1. The van der Waals surface area contributed by atoms with Crippen LogP contribution < -0.4 is 0 Å². The molecule has 0 saturated heterocycles. The average molecular weight is 407 g/mol. The summed E-state index contributed by atoms with van der Waals surface area (Å²) in [4.78, 5) is 3.09. The Balaban J connectivity index is 1.88. The minimum absolute atomic E-state index is 0.0779. The highest BCUT2D eigenvalue weighted by atomic mass is 32.1. The van der Waals surface area contributed by atoms with Crippen LogP contribution in [0.2, 0.25) is 0 Å². The van der Waals surface area contributed by atoms with Crippen molar-refractivity contribution in [2.45, 2.75) is 51.4 Å². The van der Waals surface area contributed by atoms with Crippen LogP contribution in [-0.2, 0) is 0 Å². The summed E-state index contributed by atoms with van der Waals surface area (Å²) < 4.78 is 56.9. The van der Waals surface area contributed by atoms with E-state index in [1.165, 1.54) is 37.8 Å². The lowest BCUT2D eigenvalue weighted by Crippen LogP contribution is -2.13. The predicted molar refractivity (Wildman–Crippen MR) is 106 cm³/mol. The molecule has 0 bridgehead atoms. The van der Waals surface area contributed by atoms with Crippen LogP contribution in [0.25, 0.3) is 11.1 Å². The van der Waals surface area contributed by atoms with Gasteiger partial charge in [-0.1, -0.05) is 44.0 Å². The fraction of sp³-hybridized carbons (Fsp3) is 0.409. The Morgan fingerprint density at radius 2 is 1.50 bits per heavy atom. The minimum Gasteiger partial charge on any atom is -0.203 e. The number of benzene rings is 2. The van der Waals surface area contributed by atoms with E-state index >= 15 is 0 Å². The van der Waals surface area contributed by atoms with Crippen LogP contribution >= 0.6 is 12.2 Å². The normalized spacial score (nSPS) is 19.3. The Bertz CT molecular complexity index is 867. The molecule has 0 atom stereocenters.